The number of aromatic nitrogens is 1. The number of hydrogen-bond donors (Lipinski definition) is 2. The normalized spacial score (nSPS) is 17.7. The van der Waals surface area contributed by atoms with Crippen LogP contribution in [0.5, 0.6) is 0 Å². The molecule has 0 bridgehead atoms. The van der Waals surface area contributed by atoms with Crippen molar-refractivity contribution < 1.29 is 14.7 Å². The van der Waals surface area contributed by atoms with Crippen molar-refractivity contribution >= 4 is 39.7 Å². The van der Waals surface area contributed by atoms with E-state index in [1.807, 2.05) is 29.6 Å². The van der Waals surface area contributed by atoms with Gasteiger partial charge < -0.3 is 20.2 Å². The van der Waals surface area contributed by atoms with Crippen molar-refractivity contribution in [2.24, 2.45) is 5.92 Å². The van der Waals surface area contributed by atoms with E-state index in [0.717, 1.165) is 29.6 Å². The summed E-state index contributed by atoms with van der Waals surface area (Å²) in [6, 6.07) is 7.67. The molecular formula is C20H24N4O3S. The van der Waals surface area contributed by atoms with Crippen LogP contribution in [-0.4, -0.2) is 48.1 Å². The van der Waals surface area contributed by atoms with Crippen LogP contribution in [-0.2, 0) is 4.79 Å². The molecule has 1 amide bonds. The number of carboxylic acid groups (broad SMARTS) is 1. The number of nitrogens with zero attached hydrogens (tertiary/aromatic N) is 3. The first-order valence-electron chi connectivity index (χ1n) is 9.70. The molecule has 2 aromatic rings. The molecular weight excluding hydrogens is 376 g/mol. The summed E-state index contributed by atoms with van der Waals surface area (Å²) >= 11 is 1.51. The van der Waals surface area contributed by atoms with Gasteiger partial charge in [-0.3, -0.25) is 9.59 Å². The number of rotatable bonds is 5. The van der Waals surface area contributed by atoms with Crippen molar-refractivity contribution in [3.8, 4) is 0 Å². The predicted molar refractivity (Wildman–Crippen MR) is 111 cm³/mol. The number of carboxylic acids is 1. The number of aliphatic carboxylic acids is 1. The quantitative estimate of drug-likeness (QED) is 0.801. The molecule has 1 aromatic heterocycles. The molecule has 8 heteroatoms. The Hall–Kier alpha value is -2.61. The van der Waals surface area contributed by atoms with Gasteiger partial charge in [0.1, 0.15) is 5.69 Å². The van der Waals surface area contributed by atoms with E-state index in [1.54, 1.807) is 0 Å². The van der Waals surface area contributed by atoms with Crippen molar-refractivity contribution in [3.63, 3.8) is 0 Å². The van der Waals surface area contributed by atoms with Gasteiger partial charge >= 0.3 is 5.97 Å². The molecule has 2 saturated heterocycles. The first-order chi connectivity index (χ1) is 13.6. The molecule has 2 N–H and O–H groups in total. The van der Waals surface area contributed by atoms with Gasteiger partial charge in [0.15, 0.2) is 5.13 Å². The molecule has 28 heavy (non-hydrogen) atoms. The minimum Gasteiger partial charge on any atom is -0.481 e. The maximum absolute atomic E-state index is 12.7. The second kappa shape index (κ2) is 8.18. The van der Waals surface area contributed by atoms with Crippen molar-refractivity contribution in [3.05, 3.63) is 35.3 Å². The summed E-state index contributed by atoms with van der Waals surface area (Å²) in [6.07, 6.45) is 3.58. The summed E-state index contributed by atoms with van der Waals surface area (Å²) in [4.78, 5) is 32.8. The Morgan fingerprint density at radius 3 is 2.50 bits per heavy atom. The van der Waals surface area contributed by atoms with Crippen LogP contribution in [0.25, 0.3) is 0 Å². The van der Waals surface area contributed by atoms with Gasteiger partial charge in [0.25, 0.3) is 5.91 Å². The standard InChI is InChI=1S/C20H24N4O3S/c25-18(16-13-28-20(22-16)24-9-3-4-10-24)21-15-5-1-2-6-17(15)23-11-7-14(8-12-23)19(26)27/h1-2,5-6,13-14H,3-4,7-12H2,(H,21,25)(H,26,27). The highest BCUT2D eigenvalue weighted by Gasteiger charge is 2.26. The Kier molecular flexibility index (Phi) is 5.47. The largest absolute Gasteiger partial charge is 0.481 e. The third kappa shape index (κ3) is 3.96. The third-order valence-electron chi connectivity index (χ3n) is 5.44. The predicted octanol–water partition coefficient (Wildman–Crippen LogP) is 3.30. The first kappa shape index (κ1) is 18.7. The number of amides is 1. The summed E-state index contributed by atoms with van der Waals surface area (Å²) in [6.45, 7) is 3.34. The minimum absolute atomic E-state index is 0.213. The number of carbonyl (C=O) groups excluding carboxylic acids is 1. The number of para-hydroxylation sites is 2. The molecule has 2 fully saturated rings. The number of hydrogen-bond acceptors (Lipinski definition) is 6. The highest BCUT2D eigenvalue weighted by Crippen LogP contribution is 2.31. The molecule has 0 atom stereocenters. The van der Waals surface area contributed by atoms with Crippen LogP contribution in [0.1, 0.15) is 36.2 Å². The maximum Gasteiger partial charge on any atom is 0.306 e. The molecule has 4 rings (SSSR count). The Bertz CT molecular complexity index is 855. The summed E-state index contributed by atoms with van der Waals surface area (Å²) in [5.41, 5.74) is 2.10. The van der Waals surface area contributed by atoms with E-state index < -0.39 is 5.97 Å². The number of thiazole rings is 1. The van der Waals surface area contributed by atoms with Gasteiger partial charge in [-0.15, -0.1) is 11.3 Å². The SMILES string of the molecule is O=C(Nc1ccccc1N1CCC(C(=O)O)CC1)c1csc(N2CCCC2)n1. The number of anilines is 3. The zero-order valence-corrected chi connectivity index (χ0v) is 16.5. The zero-order chi connectivity index (χ0) is 19.5. The van der Waals surface area contributed by atoms with Gasteiger partial charge in [0.05, 0.1) is 17.3 Å². The number of carbonyl (C=O) groups is 2. The first-order valence-corrected chi connectivity index (χ1v) is 10.6. The minimum atomic E-state index is -0.724. The molecule has 148 valence electrons. The summed E-state index contributed by atoms with van der Waals surface area (Å²) in [7, 11) is 0. The van der Waals surface area contributed by atoms with Crippen LogP contribution >= 0.6 is 11.3 Å². The molecule has 0 saturated carbocycles. The zero-order valence-electron chi connectivity index (χ0n) is 15.6. The lowest BCUT2D eigenvalue weighted by Crippen LogP contribution is -2.36. The van der Waals surface area contributed by atoms with E-state index in [2.05, 4.69) is 20.1 Å². The van der Waals surface area contributed by atoms with Gasteiger partial charge in [-0.2, -0.15) is 0 Å². The Morgan fingerprint density at radius 1 is 1.07 bits per heavy atom. The highest BCUT2D eigenvalue weighted by atomic mass is 32.1. The van der Waals surface area contributed by atoms with Crippen LogP contribution < -0.4 is 15.1 Å². The van der Waals surface area contributed by atoms with Crippen LogP contribution in [0.2, 0.25) is 0 Å². The van der Waals surface area contributed by atoms with Crippen LogP contribution in [0.15, 0.2) is 29.6 Å². The lowest BCUT2D eigenvalue weighted by molar-refractivity contribution is -0.142. The Labute approximate surface area is 168 Å². The fourth-order valence-corrected chi connectivity index (χ4v) is 4.69. The van der Waals surface area contributed by atoms with Gasteiger partial charge in [-0.1, -0.05) is 12.1 Å². The van der Waals surface area contributed by atoms with Crippen molar-refractivity contribution in [2.75, 3.05) is 41.3 Å². The third-order valence-corrected chi connectivity index (χ3v) is 6.34. The Balaban J connectivity index is 1.45. The molecule has 0 radical (unpaired) electrons. The molecule has 0 aliphatic carbocycles. The summed E-state index contributed by atoms with van der Waals surface area (Å²) < 4.78 is 0. The second-order valence-corrected chi connectivity index (χ2v) is 8.12. The van der Waals surface area contributed by atoms with E-state index in [0.29, 0.717) is 31.6 Å². The van der Waals surface area contributed by atoms with Crippen LogP contribution in [0.3, 0.4) is 0 Å². The van der Waals surface area contributed by atoms with E-state index in [1.165, 1.54) is 24.2 Å². The maximum atomic E-state index is 12.7. The molecule has 0 unspecified atom stereocenters. The second-order valence-electron chi connectivity index (χ2n) is 7.28. The topological polar surface area (TPSA) is 85.8 Å². The van der Waals surface area contributed by atoms with Gasteiger partial charge in [-0.25, -0.2) is 4.98 Å². The van der Waals surface area contributed by atoms with Crippen molar-refractivity contribution in [1.29, 1.82) is 0 Å². The van der Waals surface area contributed by atoms with Crippen LogP contribution in [0.4, 0.5) is 16.5 Å². The summed E-state index contributed by atoms with van der Waals surface area (Å²) in [5.74, 6) is -1.22. The van der Waals surface area contributed by atoms with Gasteiger partial charge in [0.2, 0.25) is 0 Å². The van der Waals surface area contributed by atoms with E-state index in [4.69, 9.17) is 0 Å². The van der Waals surface area contributed by atoms with Gasteiger partial charge in [-0.05, 0) is 37.8 Å². The number of piperidine rings is 1. The fourth-order valence-electron chi connectivity index (χ4n) is 3.83. The highest BCUT2D eigenvalue weighted by molar-refractivity contribution is 7.14. The van der Waals surface area contributed by atoms with E-state index in [-0.39, 0.29) is 11.8 Å². The average Bonchev–Trinajstić information content (AvgIpc) is 3.40. The Morgan fingerprint density at radius 2 is 1.79 bits per heavy atom. The number of nitrogens with one attached hydrogen (secondary N) is 1. The smallest absolute Gasteiger partial charge is 0.306 e. The van der Waals surface area contributed by atoms with Crippen LogP contribution in [0, 0.1) is 5.92 Å². The van der Waals surface area contributed by atoms with Crippen molar-refractivity contribution in [2.45, 2.75) is 25.7 Å². The summed E-state index contributed by atoms with van der Waals surface area (Å²) in [5, 5.41) is 14.9. The lowest BCUT2D eigenvalue weighted by Gasteiger charge is -2.33. The molecule has 2 aliphatic rings. The fraction of sp³-hybridized carbons (Fsp3) is 0.450. The number of benzene rings is 1. The van der Waals surface area contributed by atoms with Gasteiger partial charge in [0, 0.05) is 31.6 Å². The molecule has 3 heterocycles. The van der Waals surface area contributed by atoms with E-state index >= 15 is 0 Å². The molecule has 0 spiro atoms. The average molecular weight is 401 g/mol. The molecule has 2 aliphatic heterocycles. The lowest BCUT2D eigenvalue weighted by atomic mass is 9.96. The monoisotopic (exact) mass is 400 g/mol. The molecule has 1 aromatic carbocycles. The van der Waals surface area contributed by atoms with E-state index in [9.17, 15) is 14.7 Å². The van der Waals surface area contributed by atoms with Crippen molar-refractivity contribution in [1.82, 2.24) is 4.98 Å². The molecule has 7 nitrogen and oxygen atoms in total.